The Kier molecular flexibility index (Phi) is 3.47. The van der Waals surface area contributed by atoms with E-state index in [1.54, 1.807) is 0 Å². The molecule has 3 nitrogen and oxygen atoms in total. The largest absolute Gasteiger partial charge is 0.479 e. The molecular formula is C8H5BrClFO3. The highest BCUT2D eigenvalue weighted by molar-refractivity contribution is 9.10. The van der Waals surface area contributed by atoms with Crippen LogP contribution in [0.1, 0.15) is 11.7 Å². The van der Waals surface area contributed by atoms with E-state index in [1.165, 1.54) is 6.07 Å². The number of carboxylic acid groups (broad SMARTS) is 1. The van der Waals surface area contributed by atoms with E-state index in [9.17, 15) is 9.18 Å². The van der Waals surface area contributed by atoms with Crippen molar-refractivity contribution in [1.29, 1.82) is 0 Å². The van der Waals surface area contributed by atoms with E-state index in [1.807, 2.05) is 0 Å². The van der Waals surface area contributed by atoms with Gasteiger partial charge in [0.2, 0.25) is 0 Å². The van der Waals surface area contributed by atoms with Gasteiger partial charge in [0.25, 0.3) is 0 Å². The van der Waals surface area contributed by atoms with E-state index in [0.717, 1.165) is 6.07 Å². The lowest BCUT2D eigenvalue weighted by Crippen LogP contribution is -2.12. The molecule has 1 aromatic carbocycles. The second kappa shape index (κ2) is 4.25. The van der Waals surface area contributed by atoms with E-state index in [2.05, 4.69) is 15.9 Å². The van der Waals surface area contributed by atoms with Crippen molar-refractivity contribution in [1.82, 2.24) is 0 Å². The Morgan fingerprint density at radius 3 is 2.64 bits per heavy atom. The van der Waals surface area contributed by atoms with Crippen LogP contribution in [0.4, 0.5) is 4.39 Å². The van der Waals surface area contributed by atoms with Crippen LogP contribution in [-0.2, 0) is 4.79 Å². The number of hydrogen-bond donors (Lipinski definition) is 2. The molecule has 14 heavy (non-hydrogen) atoms. The van der Waals surface area contributed by atoms with E-state index < -0.39 is 17.9 Å². The first-order chi connectivity index (χ1) is 6.45. The average molecular weight is 283 g/mol. The highest BCUT2D eigenvalue weighted by Gasteiger charge is 2.22. The predicted octanol–water partition coefficient (Wildman–Crippen LogP) is 2.36. The highest BCUT2D eigenvalue weighted by atomic mass is 79.9. The summed E-state index contributed by atoms with van der Waals surface area (Å²) in [6.07, 6.45) is -1.90. The molecule has 0 heterocycles. The predicted molar refractivity (Wildman–Crippen MR) is 51.7 cm³/mol. The van der Waals surface area contributed by atoms with E-state index in [-0.39, 0.29) is 10.6 Å². The van der Waals surface area contributed by atoms with Gasteiger partial charge in [0.1, 0.15) is 5.82 Å². The van der Waals surface area contributed by atoms with Crippen LogP contribution in [-0.4, -0.2) is 16.2 Å². The van der Waals surface area contributed by atoms with Gasteiger partial charge >= 0.3 is 5.97 Å². The van der Waals surface area contributed by atoms with Crippen molar-refractivity contribution >= 4 is 33.5 Å². The molecule has 0 bridgehead atoms. The lowest BCUT2D eigenvalue weighted by atomic mass is 10.1. The zero-order chi connectivity index (χ0) is 10.9. The summed E-state index contributed by atoms with van der Waals surface area (Å²) in [5.41, 5.74) is -0.356. The van der Waals surface area contributed by atoms with E-state index in [4.69, 9.17) is 21.8 Å². The molecule has 2 N–H and O–H groups in total. The van der Waals surface area contributed by atoms with Crippen molar-refractivity contribution in [3.8, 4) is 0 Å². The lowest BCUT2D eigenvalue weighted by Gasteiger charge is -2.08. The molecule has 0 fully saturated rings. The van der Waals surface area contributed by atoms with E-state index >= 15 is 0 Å². The number of aliphatic carboxylic acids is 1. The van der Waals surface area contributed by atoms with Crippen LogP contribution in [0.15, 0.2) is 16.6 Å². The molecule has 0 aliphatic heterocycles. The zero-order valence-electron chi connectivity index (χ0n) is 6.67. The zero-order valence-corrected chi connectivity index (χ0v) is 9.01. The van der Waals surface area contributed by atoms with Gasteiger partial charge < -0.3 is 10.2 Å². The molecular weight excluding hydrogens is 278 g/mol. The van der Waals surface area contributed by atoms with Gasteiger partial charge in [-0.1, -0.05) is 17.7 Å². The Hall–Kier alpha value is -0.650. The smallest absolute Gasteiger partial charge is 0.337 e. The number of carboxylic acids is 1. The van der Waals surface area contributed by atoms with Crippen molar-refractivity contribution in [2.24, 2.45) is 0 Å². The molecule has 0 aliphatic rings. The van der Waals surface area contributed by atoms with Crippen LogP contribution in [0.3, 0.4) is 0 Å². The molecule has 0 aromatic heterocycles. The fourth-order valence-electron chi connectivity index (χ4n) is 0.885. The number of aliphatic hydroxyl groups excluding tert-OH is 1. The summed E-state index contributed by atoms with van der Waals surface area (Å²) in [6, 6.07) is 2.52. The summed E-state index contributed by atoms with van der Waals surface area (Å²) < 4.78 is 13.6. The molecule has 0 spiro atoms. The Morgan fingerprint density at radius 2 is 2.14 bits per heavy atom. The Balaban J connectivity index is 3.24. The number of rotatable bonds is 2. The number of aliphatic hydroxyl groups is 1. The summed E-state index contributed by atoms with van der Waals surface area (Å²) in [5, 5.41) is 17.3. The van der Waals surface area contributed by atoms with Crippen LogP contribution in [0.5, 0.6) is 0 Å². The van der Waals surface area contributed by atoms with Gasteiger partial charge in [0.05, 0.1) is 5.02 Å². The van der Waals surface area contributed by atoms with Crippen molar-refractivity contribution in [3.63, 3.8) is 0 Å². The van der Waals surface area contributed by atoms with Crippen molar-refractivity contribution in [2.45, 2.75) is 6.10 Å². The maximum Gasteiger partial charge on any atom is 0.337 e. The molecule has 1 unspecified atom stereocenters. The van der Waals surface area contributed by atoms with Crippen LogP contribution in [0.2, 0.25) is 5.02 Å². The van der Waals surface area contributed by atoms with Gasteiger partial charge in [-0.3, -0.25) is 0 Å². The first-order valence-corrected chi connectivity index (χ1v) is 4.66. The second-order valence-corrected chi connectivity index (χ2v) is 3.74. The van der Waals surface area contributed by atoms with Crippen molar-refractivity contribution in [2.75, 3.05) is 0 Å². The molecule has 0 saturated heterocycles. The summed E-state index contributed by atoms with van der Waals surface area (Å²) in [5.74, 6) is -2.46. The van der Waals surface area contributed by atoms with Gasteiger partial charge in [0.15, 0.2) is 6.10 Å². The van der Waals surface area contributed by atoms with Gasteiger partial charge in [0, 0.05) is 10.0 Å². The normalized spacial score (nSPS) is 12.6. The summed E-state index contributed by atoms with van der Waals surface area (Å²) in [7, 11) is 0. The quantitative estimate of drug-likeness (QED) is 0.819. The molecule has 1 rings (SSSR count). The Morgan fingerprint density at radius 1 is 1.57 bits per heavy atom. The summed E-state index contributed by atoms with van der Waals surface area (Å²) in [6.45, 7) is 0. The fraction of sp³-hybridized carbons (Fsp3) is 0.125. The first kappa shape index (κ1) is 11.4. The third-order valence-corrected chi connectivity index (χ3v) is 2.85. The van der Waals surface area contributed by atoms with Crippen LogP contribution < -0.4 is 0 Å². The second-order valence-electron chi connectivity index (χ2n) is 2.51. The van der Waals surface area contributed by atoms with Crippen molar-refractivity contribution < 1.29 is 19.4 Å². The highest BCUT2D eigenvalue weighted by Crippen LogP contribution is 2.30. The molecule has 1 aromatic rings. The van der Waals surface area contributed by atoms with Gasteiger partial charge in [-0.05, 0) is 22.0 Å². The third kappa shape index (κ3) is 2.05. The van der Waals surface area contributed by atoms with E-state index in [0.29, 0.717) is 4.47 Å². The Bertz CT molecular complexity index is 383. The number of halogens is 3. The van der Waals surface area contributed by atoms with Gasteiger partial charge in [-0.2, -0.15) is 0 Å². The van der Waals surface area contributed by atoms with Crippen molar-refractivity contribution in [3.05, 3.63) is 33.0 Å². The standard InChI is InChI=1S/C8H5BrClFO3/c9-4-2-1-3(6(11)5(4)10)7(12)8(13)14/h1-2,7,12H,(H,13,14). The molecule has 1 atom stereocenters. The third-order valence-electron chi connectivity index (χ3n) is 1.59. The minimum Gasteiger partial charge on any atom is -0.479 e. The average Bonchev–Trinajstić information content (AvgIpc) is 2.13. The molecule has 0 amide bonds. The number of benzene rings is 1. The summed E-state index contributed by atoms with van der Waals surface area (Å²) in [4.78, 5) is 10.4. The molecule has 0 radical (unpaired) electrons. The molecule has 0 aliphatic carbocycles. The maximum absolute atomic E-state index is 13.3. The lowest BCUT2D eigenvalue weighted by molar-refractivity contribution is -0.147. The van der Waals surface area contributed by atoms with Crippen LogP contribution in [0.25, 0.3) is 0 Å². The van der Waals surface area contributed by atoms with Gasteiger partial charge in [-0.25, -0.2) is 9.18 Å². The minimum absolute atomic E-state index is 0.247. The molecule has 76 valence electrons. The molecule has 6 heteroatoms. The van der Waals surface area contributed by atoms with Gasteiger partial charge in [-0.15, -0.1) is 0 Å². The number of carbonyl (C=O) groups is 1. The Labute approximate surface area is 92.2 Å². The SMILES string of the molecule is O=C(O)C(O)c1ccc(Br)c(Cl)c1F. The van der Waals surface area contributed by atoms with Crippen LogP contribution in [0, 0.1) is 5.82 Å². The summed E-state index contributed by atoms with van der Waals surface area (Å²) >= 11 is 8.47. The first-order valence-electron chi connectivity index (χ1n) is 3.49. The number of hydrogen-bond acceptors (Lipinski definition) is 2. The maximum atomic E-state index is 13.3. The minimum atomic E-state index is -1.90. The van der Waals surface area contributed by atoms with Crippen LogP contribution >= 0.6 is 27.5 Å². The topological polar surface area (TPSA) is 57.5 Å². The fourth-order valence-corrected chi connectivity index (χ4v) is 1.36. The monoisotopic (exact) mass is 282 g/mol. The molecule has 0 saturated carbocycles.